The van der Waals surface area contributed by atoms with Gasteiger partial charge in [0, 0.05) is 18.9 Å². The molecule has 1 aliphatic heterocycles. The molecule has 0 saturated heterocycles. The summed E-state index contributed by atoms with van der Waals surface area (Å²) in [6.45, 7) is 1.08. The zero-order valence-electron chi connectivity index (χ0n) is 13.6. The Balaban J connectivity index is 1.57. The first-order chi connectivity index (χ1) is 11.4. The Kier molecular flexibility index (Phi) is 5.10. The fourth-order valence-electron chi connectivity index (χ4n) is 3.71. The molecule has 1 amide bonds. The maximum absolute atomic E-state index is 12.9. The van der Waals surface area contributed by atoms with E-state index in [1.165, 1.54) is 0 Å². The fraction of sp³-hybridized carbons (Fsp3) is 0.812. The number of halogens is 3. The summed E-state index contributed by atoms with van der Waals surface area (Å²) >= 11 is 0. The minimum atomic E-state index is -4.21. The van der Waals surface area contributed by atoms with E-state index in [0.717, 1.165) is 38.1 Å². The first-order valence-electron chi connectivity index (χ1n) is 8.70. The lowest BCUT2D eigenvalue weighted by Gasteiger charge is -2.29. The van der Waals surface area contributed by atoms with Crippen molar-refractivity contribution in [1.82, 2.24) is 20.1 Å². The van der Waals surface area contributed by atoms with E-state index in [1.54, 1.807) is 0 Å². The Morgan fingerprint density at radius 1 is 1.17 bits per heavy atom. The molecule has 0 unspecified atom stereocenters. The van der Waals surface area contributed by atoms with Gasteiger partial charge >= 0.3 is 6.18 Å². The molecule has 1 aromatic heterocycles. The van der Waals surface area contributed by atoms with Gasteiger partial charge in [-0.2, -0.15) is 13.2 Å². The number of alkyl halides is 3. The van der Waals surface area contributed by atoms with E-state index in [-0.39, 0.29) is 25.3 Å². The Morgan fingerprint density at radius 2 is 2.00 bits per heavy atom. The van der Waals surface area contributed by atoms with Crippen LogP contribution >= 0.6 is 0 Å². The second kappa shape index (κ2) is 7.11. The molecule has 2 aliphatic rings. The first kappa shape index (κ1) is 17.2. The zero-order valence-corrected chi connectivity index (χ0v) is 13.6. The highest BCUT2D eigenvalue weighted by molar-refractivity contribution is 5.78. The highest BCUT2D eigenvalue weighted by Gasteiger charge is 2.43. The van der Waals surface area contributed by atoms with Gasteiger partial charge in [0.25, 0.3) is 0 Å². The van der Waals surface area contributed by atoms with Crippen LogP contribution < -0.4 is 5.32 Å². The number of aryl methyl sites for hydroxylation is 1. The number of aromatic nitrogens is 3. The largest absolute Gasteiger partial charge is 0.391 e. The van der Waals surface area contributed by atoms with Crippen molar-refractivity contribution in [3.63, 3.8) is 0 Å². The van der Waals surface area contributed by atoms with Crippen molar-refractivity contribution >= 4 is 5.91 Å². The second-order valence-electron chi connectivity index (χ2n) is 6.81. The number of nitrogens with zero attached hydrogens (tertiary/aromatic N) is 3. The molecule has 0 aromatic carbocycles. The summed E-state index contributed by atoms with van der Waals surface area (Å²) in [4.78, 5) is 12.3. The molecule has 1 aromatic rings. The Morgan fingerprint density at radius 3 is 2.79 bits per heavy atom. The molecule has 1 saturated carbocycles. The topological polar surface area (TPSA) is 59.8 Å². The van der Waals surface area contributed by atoms with Crippen LogP contribution in [0.1, 0.15) is 56.6 Å². The predicted octanol–water partition coefficient (Wildman–Crippen LogP) is 2.99. The molecule has 0 spiro atoms. The quantitative estimate of drug-likeness (QED) is 0.917. The van der Waals surface area contributed by atoms with Crippen molar-refractivity contribution in [3.05, 3.63) is 11.6 Å². The third-order valence-electron chi connectivity index (χ3n) is 5.11. The smallest absolute Gasteiger partial charge is 0.349 e. The van der Waals surface area contributed by atoms with Crippen LogP contribution in [-0.2, 0) is 24.3 Å². The molecule has 8 heteroatoms. The van der Waals surface area contributed by atoms with E-state index in [0.29, 0.717) is 18.7 Å². The molecule has 3 rings (SSSR count). The van der Waals surface area contributed by atoms with E-state index in [1.807, 2.05) is 4.57 Å². The summed E-state index contributed by atoms with van der Waals surface area (Å²) in [6, 6.07) is 0. The zero-order chi connectivity index (χ0) is 17.2. The molecule has 5 nitrogen and oxygen atoms in total. The summed E-state index contributed by atoms with van der Waals surface area (Å²) in [6.07, 6.45) is 0.973. The lowest BCUT2D eigenvalue weighted by Crippen LogP contribution is -2.37. The molecular formula is C16H23F3N4O. The standard InChI is InChI=1S/C16H23F3N4O/c17-16(18,19)12-6-4-5-11(9-12)15(24)20-10-14-22-21-13-7-2-1-3-8-23(13)14/h11-12H,1-10H2,(H,20,24)/t11-,12-/m1/s1. The summed E-state index contributed by atoms with van der Waals surface area (Å²) < 4.78 is 40.6. The maximum Gasteiger partial charge on any atom is 0.391 e. The van der Waals surface area contributed by atoms with E-state index in [2.05, 4.69) is 15.5 Å². The molecule has 2 atom stereocenters. The highest BCUT2D eigenvalue weighted by atomic mass is 19.4. The lowest BCUT2D eigenvalue weighted by atomic mass is 9.80. The van der Waals surface area contributed by atoms with Gasteiger partial charge in [0.2, 0.25) is 5.91 Å². The third-order valence-corrected chi connectivity index (χ3v) is 5.11. The molecule has 0 radical (unpaired) electrons. The number of nitrogens with one attached hydrogen (secondary N) is 1. The SMILES string of the molecule is O=C(NCc1nnc2n1CCCCC2)[C@@H]1CCC[C@@H](C(F)(F)F)C1. The van der Waals surface area contributed by atoms with Gasteiger partial charge in [-0.3, -0.25) is 4.79 Å². The number of rotatable bonds is 3. The number of hydrogen-bond donors (Lipinski definition) is 1. The van der Waals surface area contributed by atoms with Gasteiger partial charge in [0.15, 0.2) is 5.82 Å². The summed E-state index contributed by atoms with van der Waals surface area (Å²) in [5, 5.41) is 11.1. The van der Waals surface area contributed by atoms with Crippen LogP contribution in [0.15, 0.2) is 0 Å². The van der Waals surface area contributed by atoms with Gasteiger partial charge in [-0.15, -0.1) is 10.2 Å². The van der Waals surface area contributed by atoms with Crippen LogP contribution in [0.5, 0.6) is 0 Å². The predicted molar refractivity (Wildman–Crippen MR) is 80.9 cm³/mol. The minimum Gasteiger partial charge on any atom is -0.349 e. The van der Waals surface area contributed by atoms with Crippen LogP contribution in [0.3, 0.4) is 0 Å². The molecule has 2 heterocycles. The first-order valence-corrected chi connectivity index (χ1v) is 8.70. The van der Waals surface area contributed by atoms with Crippen LogP contribution in [-0.4, -0.2) is 26.8 Å². The molecule has 24 heavy (non-hydrogen) atoms. The summed E-state index contributed by atoms with van der Waals surface area (Å²) in [5.41, 5.74) is 0. The number of fused-ring (bicyclic) bond motifs is 1. The Hall–Kier alpha value is -1.60. The van der Waals surface area contributed by atoms with Crippen molar-refractivity contribution in [3.8, 4) is 0 Å². The minimum absolute atomic E-state index is 0.104. The van der Waals surface area contributed by atoms with Crippen LogP contribution in [0, 0.1) is 11.8 Å². The number of carbonyl (C=O) groups is 1. The normalized spacial score (nSPS) is 25.0. The molecule has 134 valence electrons. The van der Waals surface area contributed by atoms with Crippen LogP contribution in [0.2, 0.25) is 0 Å². The van der Waals surface area contributed by atoms with E-state index in [4.69, 9.17) is 0 Å². The van der Waals surface area contributed by atoms with Crippen LogP contribution in [0.25, 0.3) is 0 Å². The van der Waals surface area contributed by atoms with Crippen molar-refractivity contribution in [2.45, 2.75) is 70.6 Å². The average molecular weight is 344 g/mol. The van der Waals surface area contributed by atoms with Crippen molar-refractivity contribution in [1.29, 1.82) is 0 Å². The summed E-state index contributed by atoms with van der Waals surface area (Å²) in [7, 11) is 0. The highest BCUT2D eigenvalue weighted by Crippen LogP contribution is 2.39. The van der Waals surface area contributed by atoms with Crippen molar-refractivity contribution in [2.75, 3.05) is 0 Å². The summed E-state index contributed by atoms with van der Waals surface area (Å²) in [5.74, 6) is -0.576. The number of amides is 1. The molecule has 0 bridgehead atoms. The van der Waals surface area contributed by atoms with Gasteiger partial charge in [0.1, 0.15) is 5.82 Å². The van der Waals surface area contributed by atoms with Gasteiger partial charge in [0.05, 0.1) is 12.5 Å². The molecule has 1 N–H and O–H groups in total. The second-order valence-corrected chi connectivity index (χ2v) is 6.81. The maximum atomic E-state index is 12.9. The fourth-order valence-corrected chi connectivity index (χ4v) is 3.71. The van der Waals surface area contributed by atoms with Gasteiger partial charge in [-0.05, 0) is 32.1 Å². The van der Waals surface area contributed by atoms with E-state index >= 15 is 0 Å². The van der Waals surface area contributed by atoms with Crippen molar-refractivity contribution < 1.29 is 18.0 Å². The number of carbonyl (C=O) groups excluding carboxylic acids is 1. The van der Waals surface area contributed by atoms with Crippen LogP contribution in [0.4, 0.5) is 13.2 Å². The third kappa shape index (κ3) is 3.89. The monoisotopic (exact) mass is 344 g/mol. The molecule has 1 fully saturated rings. The lowest BCUT2D eigenvalue weighted by molar-refractivity contribution is -0.186. The average Bonchev–Trinajstić information content (AvgIpc) is 2.78. The molecule has 1 aliphatic carbocycles. The van der Waals surface area contributed by atoms with E-state index < -0.39 is 18.0 Å². The van der Waals surface area contributed by atoms with Gasteiger partial charge in [-0.1, -0.05) is 12.8 Å². The van der Waals surface area contributed by atoms with E-state index in [9.17, 15) is 18.0 Å². The Labute approximate surface area is 139 Å². The Bertz CT molecular complexity index is 584. The van der Waals surface area contributed by atoms with Gasteiger partial charge < -0.3 is 9.88 Å². The number of hydrogen-bond acceptors (Lipinski definition) is 3. The van der Waals surface area contributed by atoms with Gasteiger partial charge in [-0.25, -0.2) is 0 Å². The molecular weight excluding hydrogens is 321 g/mol. The van der Waals surface area contributed by atoms with Crippen molar-refractivity contribution in [2.24, 2.45) is 11.8 Å².